The van der Waals surface area contributed by atoms with E-state index in [2.05, 4.69) is 0 Å². The summed E-state index contributed by atoms with van der Waals surface area (Å²) in [5.41, 5.74) is 4.85. The first kappa shape index (κ1) is 7.43. The van der Waals surface area contributed by atoms with Gasteiger partial charge in [-0.25, -0.2) is 0 Å². The molecule has 0 saturated heterocycles. The fourth-order valence-corrected chi connectivity index (χ4v) is 0.367. The van der Waals surface area contributed by atoms with Crippen LogP contribution in [0.25, 0.3) is 0 Å². The summed E-state index contributed by atoms with van der Waals surface area (Å²) < 4.78 is 4.76. The molecule has 1 amide bonds. The predicted molar refractivity (Wildman–Crippen MR) is 30.3 cm³/mol. The molecule has 0 aliphatic heterocycles. The molecule has 0 aliphatic carbocycles. The standard InChI is InChI=1S/C5H11NO2/c1-4(8-2)3-5(6)7/h4H,3H2,1-2H3,(H2,6,7). The van der Waals surface area contributed by atoms with Gasteiger partial charge in [0.2, 0.25) is 5.91 Å². The van der Waals surface area contributed by atoms with Gasteiger partial charge in [0.15, 0.2) is 0 Å². The molecular weight excluding hydrogens is 106 g/mol. The Balaban J connectivity index is 3.24. The van der Waals surface area contributed by atoms with Gasteiger partial charge < -0.3 is 10.5 Å². The fraction of sp³-hybridized carbons (Fsp3) is 0.800. The molecule has 0 aromatic rings. The lowest BCUT2D eigenvalue weighted by molar-refractivity contribution is -0.120. The average molecular weight is 117 g/mol. The Bertz CT molecular complexity index is 82.5. The molecule has 0 spiro atoms. The Labute approximate surface area is 48.8 Å². The Morgan fingerprint density at radius 3 is 2.50 bits per heavy atom. The zero-order valence-corrected chi connectivity index (χ0v) is 5.18. The van der Waals surface area contributed by atoms with Crippen molar-refractivity contribution >= 4 is 5.91 Å². The van der Waals surface area contributed by atoms with Crippen LogP contribution in [0.1, 0.15) is 13.3 Å². The van der Waals surface area contributed by atoms with E-state index >= 15 is 0 Å². The second-order valence-electron chi connectivity index (χ2n) is 1.72. The van der Waals surface area contributed by atoms with Gasteiger partial charge in [-0.1, -0.05) is 0 Å². The minimum Gasteiger partial charge on any atom is -0.381 e. The first-order chi connectivity index (χ1) is 3.66. The highest BCUT2D eigenvalue weighted by Gasteiger charge is 2.01. The van der Waals surface area contributed by atoms with Gasteiger partial charge in [0, 0.05) is 7.11 Å². The monoisotopic (exact) mass is 117 g/mol. The third-order valence-electron chi connectivity index (χ3n) is 0.891. The minimum atomic E-state index is -0.320. The van der Waals surface area contributed by atoms with E-state index in [1.54, 1.807) is 14.0 Å². The quantitative estimate of drug-likeness (QED) is 0.561. The second kappa shape index (κ2) is 3.43. The molecule has 0 bridgehead atoms. The van der Waals surface area contributed by atoms with Gasteiger partial charge in [-0.15, -0.1) is 0 Å². The first-order valence-corrected chi connectivity index (χ1v) is 2.48. The van der Waals surface area contributed by atoms with Crippen LogP contribution in [0.3, 0.4) is 0 Å². The Kier molecular flexibility index (Phi) is 3.19. The van der Waals surface area contributed by atoms with E-state index in [4.69, 9.17) is 10.5 Å². The summed E-state index contributed by atoms with van der Waals surface area (Å²) in [5.74, 6) is -0.320. The maximum atomic E-state index is 10.1. The van der Waals surface area contributed by atoms with Crippen LogP contribution in [0.5, 0.6) is 0 Å². The average Bonchev–Trinajstić information content (AvgIpc) is 1.65. The molecule has 3 nitrogen and oxygen atoms in total. The van der Waals surface area contributed by atoms with Crippen molar-refractivity contribution in [1.82, 2.24) is 0 Å². The van der Waals surface area contributed by atoms with Crippen LogP contribution in [0.15, 0.2) is 0 Å². The molecular formula is C5H11NO2. The third kappa shape index (κ3) is 3.61. The third-order valence-corrected chi connectivity index (χ3v) is 0.891. The number of hydrogen-bond donors (Lipinski definition) is 1. The molecule has 0 aromatic carbocycles. The van der Waals surface area contributed by atoms with E-state index in [1.165, 1.54) is 0 Å². The van der Waals surface area contributed by atoms with Crippen LogP contribution in [-0.4, -0.2) is 19.1 Å². The molecule has 0 heterocycles. The first-order valence-electron chi connectivity index (χ1n) is 2.48. The van der Waals surface area contributed by atoms with Gasteiger partial charge in [0.05, 0.1) is 12.5 Å². The number of hydrogen-bond acceptors (Lipinski definition) is 2. The van der Waals surface area contributed by atoms with E-state index in [0.29, 0.717) is 6.42 Å². The summed E-state index contributed by atoms with van der Waals surface area (Å²) in [6.45, 7) is 1.80. The van der Waals surface area contributed by atoms with Crippen molar-refractivity contribution in [1.29, 1.82) is 0 Å². The van der Waals surface area contributed by atoms with Crippen LogP contribution in [-0.2, 0) is 9.53 Å². The molecule has 3 heteroatoms. The second-order valence-corrected chi connectivity index (χ2v) is 1.72. The highest BCUT2D eigenvalue weighted by molar-refractivity contribution is 5.74. The highest BCUT2D eigenvalue weighted by atomic mass is 16.5. The number of primary amides is 1. The van der Waals surface area contributed by atoms with Gasteiger partial charge in [-0.05, 0) is 6.92 Å². The van der Waals surface area contributed by atoms with Gasteiger partial charge in [-0.2, -0.15) is 0 Å². The number of amides is 1. The van der Waals surface area contributed by atoms with Crippen LogP contribution in [0.2, 0.25) is 0 Å². The number of ether oxygens (including phenoxy) is 1. The molecule has 2 N–H and O–H groups in total. The largest absolute Gasteiger partial charge is 0.381 e. The maximum absolute atomic E-state index is 10.1. The van der Waals surface area contributed by atoms with E-state index < -0.39 is 0 Å². The van der Waals surface area contributed by atoms with Gasteiger partial charge in [0.1, 0.15) is 0 Å². The van der Waals surface area contributed by atoms with Gasteiger partial charge in [-0.3, -0.25) is 4.79 Å². The Morgan fingerprint density at radius 1 is 1.88 bits per heavy atom. The SMILES string of the molecule is COC(C)CC(N)=O. The van der Waals surface area contributed by atoms with E-state index in [0.717, 1.165) is 0 Å². The molecule has 0 fully saturated rings. The summed E-state index contributed by atoms with van der Waals surface area (Å²) in [7, 11) is 1.55. The summed E-state index contributed by atoms with van der Waals surface area (Å²) in [6.07, 6.45) is 0.253. The lowest BCUT2D eigenvalue weighted by Gasteiger charge is -2.03. The number of carbonyl (C=O) groups excluding carboxylic acids is 1. The molecule has 0 radical (unpaired) electrons. The number of nitrogens with two attached hydrogens (primary N) is 1. The molecule has 8 heavy (non-hydrogen) atoms. The Morgan fingerprint density at radius 2 is 2.38 bits per heavy atom. The van der Waals surface area contributed by atoms with Crippen molar-refractivity contribution in [3.8, 4) is 0 Å². The van der Waals surface area contributed by atoms with Crippen LogP contribution in [0.4, 0.5) is 0 Å². The highest BCUT2D eigenvalue weighted by Crippen LogP contribution is 1.91. The van der Waals surface area contributed by atoms with Crippen molar-refractivity contribution in [2.24, 2.45) is 5.73 Å². The van der Waals surface area contributed by atoms with Crippen molar-refractivity contribution in [2.45, 2.75) is 19.4 Å². The van der Waals surface area contributed by atoms with Crippen LogP contribution < -0.4 is 5.73 Å². The van der Waals surface area contributed by atoms with Crippen LogP contribution in [0, 0.1) is 0 Å². The molecule has 0 aromatic heterocycles. The predicted octanol–water partition coefficient (Wildman–Crippen LogP) is -0.103. The fourth-order valence-electron chi connectivity index (χ4n) is 0.367. The van der Waals surface area contributed by atoms with Crippen LogP contribution >= 0.6 is 0 Å². The molecule has 0 saturated carbocycles. The zero-order valence-electron chi connectivity index (χ0n) is 5.18. The van der Waals surface area contributed by atoms with Crippen molar-refractivity contribution in [3.63, 3.8) is 0 Å². The van der Waals surface area contributed by atoms with Gasteiger partial charge in [0.25, 0.3) is 0 Å². The molecule has 1 unspecified atom stereocenters. The van der Waals surface area contributed by atoms with Crippen molar-refractivity contribution in [2.75, 3.05) is 7.11 Å². The van der Waals surface area contributed by atoms with E-state index in [9.17, 15) is 4.79 Å². The lowest BCUT2D eigenvalue weighted by Crippen LogP contribution is -2.18. The Hall–Kier alpha value is -0.570. The summed E-state index contributed by atoms with van der Waals surface area (Å²) in [4.78, 5) is 10.1. The smallest absolute Gasteiger partial charge is 0.220 e. The number of methoxy groups -OCH3 is 1. The number of rotatable bonds is 3. The molecule has 0 rings (SSSR count). The summed E-state index contributed by atoms with van der Waals surface area (Å²) in [5, 5.41) is 0. The zero-order chi connectivity index (χ0) is 6.57. The normalized spacial score (nSPS) is 13.2. The van der Waals surface area contributed by atoms with Gasteiger partial charge >= 0.3 is 0 Å². The van der Waals surface area contributed by atoms with E-state index in [1.807, 2.05) is 0 Å². The molecule has 1 atom stereocenters. The minimum absolute atomic E-state index is 0.0486. The summed E-state index contributed by atoms with van der Waals surface area (Å²) >= 11 is 0. The topological polar surface area (TPSA) is 52.3 Å². The lowest BCUT2D eigenvalue weighted by atomic mass is 10.3. The van der Waals surface area contributed by atoms with Crippen molar-refractivity contribution in [3.05, 3.63) is 0 Å². The van der Waals surface area contributed by atoms with E-state index in [-0.39, 0.29) is 12.0 Å². The number of carbonyl (C=O) groups is 1. The summed E-state index contributed by atoms with van der Waals surface area (Å²) in [6, 6.07) is 0. The maximum Gasteiger partial charge on any atom is 0.220 e. The molecule has 0 aliphatic rings. The molecule has 48 valence electrons. The van der Waals surface area contributed by atoms with Crippen molar-refractivity contribution < 1.29 is 9.53 Å².